The molecule has 0 aliphatic carbocycles. The topological polar surface area (TPSA) is 46.5 Å². The van der Waals surface area contributed by atoms with Crippen LogP contribution in [0, 0.1) is 11.6 Å². The van der Waals surface area contributed by atoms with Crippen molar-refractivity contribution in [1.29, 1.82) is 0 Å². The quantitative estimate of drug-likeness (QED) is 0.620. The number of carbonyl (C=O) groups is 1. The Kier molecular flexibility index (Phi) is 2.83. The van der Waals surface area contributed by atoms with Gasteiger partial charge in [0.15, 0.2) is 11.6 Å². The van der Waals surface area contributed by atoms with Crippen LogP contribution in [0.5, 0.6) is 0 Å². The maximum atomic E-state index is 12.8. The van der Waals surface area contributed by atoms with E-state index < -0.39 is 29.5 Å². The van der Waals surface area contributed by atoms with Crippen LogP contribution in [0.25, 0.3) is 0 Å². The molecule has 0 unspecified atom stereocenters. The number of rotatable bonds is 2. The number of hydrogen-bond acceptors (Lipinski definition) is 2. The Bertz CT molecular complexity index is 391. The molecule has 0 atom stereocenters. The van der Waals surface area contributed by atoms with E-state index >= 15 is 0 Å². The highest BCUT2D eigenvalue weighted by Gasteiger charge is 2.40. The van der Waals surface area contributed by atoms with Gasteiger partial charge in [0.2, 0.25) is 0 Å². The van der Waals surface area contributed by atoms with E-state index in [0.717, 1.165) is 6.07 Å². The molecule has 0 aliphatic heterocycles. The maximum absolute atomic E-state index is 12.8. The zero-order chi connectivity index (χ0) is 11.6. The van der Waals surface area contributed by atoms with Gasteiger partial charge in [0, 0.05) is 0 Å². The molecule has 0 bridgehead atoms. The van der Waals surface area contributed by atoms with Crippen molar-refractivity contribution in [2.24, 2.45) is 0 Å². The van der Waals surface area contributed by atoms with E-state index in [-0.39, 0.29) is 0 Å². The van der Waals surface area contributed by atoms with Gasteiger partial charge in [-0.2, -0.15) is 8.78 Å². The van der Waals surface area contributed by atoms with Crippen molar-refractivity contribution in [2.45, 2.75) is 6.11 Å². The average molecular weight is 224 g/mol. The molecule has 1 aromatic rings. The monoisotopic (exact) mass is 224 g/mol. The third-order valence-electron chi connectivity index (χ3n) is 1.48. The summed E-state index contributed by atoms with van der Waals surface area (Å²) in [4.78, 5) is 9.87. The molecule has 3 nitrogen and oxygen atoms in total. The lowest BCUT2D eigenvalue weighted by Crippen LogP contribution is -2.23. The van der Waals surface area contributed by atoms with Gasteiger partial charge >= 0.3 is 12.3 Å². The predicted octanol–water partition coefficient (Wildman–Crippen LogP) is 2.71. The van der Waals surface area contributed by atoms with E-state index in [2.05, 4.69) is 4.74 Å². The average Bonchev–Trinajstić information content (AvgIpc) is 2.07. The number of alkyl halides is 2. The summed E-state index contributed by atoms with van der Waals surface area (Å²) < 4.78 is 54.2. The number of halogens is 4. The van der Waals surface area contributed by atoms with Gasteiger partial charge in [-0.3, -0.25) is 0 Å². The molecule has 0 fully saturated rings. The lowest BCUT2D eigenvalue weighted by Gasteiger charge is -2.15. The van der Waals surface area contributed by atoms with Crippen LogP contribution in [0.15, 0.2) is 18.2 Å². The second kappa shape index (κ2) is 3.76. The molecule has 0 saturated heterocycles. The van der Waals surface area contributed by atoms with Crippen LogP contribution in [0.1, 0.15) is 5.56 Å². The van der Waals surface area contributed by atoms with Crippen LogP contribution in [-0.4, -0.2) is 11.3 Å². The van der Waals surface area contributed by atoms with Crippen LogP contribution in [0.3, 0.4) is 0 Å². The first kappa shape index (κ1) is 11.3. The standard InChI is InChI=1S/C8H4F4O3/c9-5-3-1-2-4(6(5)10)8(11,12)15-7(13)14/h1-3H,(H,13,14). The highest BCUT2D eigenvalue weighted by atomic mass is 19.3. The molecule has 0 spiro atoms. The lowest BCUT2D eigenvalue weighted by atomic mass is 10.2. The van der Waals surface area contributed by atoms with E-state index in [4.69, 9.17) is 5.11 Å². The molecule has 0 aliphatic rings. The normalized spacial score (nSPS) is 11.2. The fourth-order valence-electron chi connectivity index (χ4n) is 0.893. The van der Waals surface area contributed by atoms with Gasteiger partial charge in [-0.25, -0.2) is 13.6 Å². The van der Waals surface area contributed by atoms with Crippen molar-refractivity contribution in [2.75, 3.05) is 0 Å². The number of carboxylic acid groups (broad SMARTS) is 1. The molecule has 0 amide bonds. The van der Waals surface area contributed by atoms with Crippen LogP contribution < -0.4 is 0 Å². The minimum Gasteiger partial charge on any atom is -0.450 e. The van der Waals surface area contributed by atoms with Gasteiger partial charge < -0.3 is 9.84 Å². The number of hydrogen-bond donors (Lipinski definition) is 1. The SMILES string of the molecule is O=C(O)OC(F)(F)c1cccc(F)c1F. The second-order valence-corrected chi connectivity index (χ2v) is 2.49. The first-order valence-electron chi connectivity index (χ1n) is 3.59. The molecule has 0 aromatic heterocycles. The van der Waals surface area contributed by atoms with Crippen molar-refractivity contribution >= 4 is 6.16 Å². The molecule has 1 N–H and O–H groups in total. The number of benzene rings is 1. The van der Waals surface area contributed by atoms with Gasteiger partial charge in [-0.05, 0) is 12.1 Å². The Morgan fingerprint density at radius 1 is 1.33 bits per heavy atom. The maximum Gasteiger partial charge on any atom is 0.510 e. The molecule has 0 saturated carbocycles. The fourth-order valence-corrected chi connectivity index (χ4v) is 0.893. The molecule has 7 heteroatoms. The summed E-state index contributed by atoms with van der Waals surface area (Å²) >= 11 is 0. The first-order chi connectivity index (χ1) is 6.84. The van der Waals surface area contributed by atoms with Crippen LogP contribution in [0.4, 0.5) is 22.4 Å². The fraction of sp³-hybridized carbons (Fsp3) is 0.125. The summed E-state index contributed by atoms with van der Waals surface area (Å²) in [7, 11) is 0. The van der Waals surface area contributed by atoms with Crippen molar-refractivity contribution in [1.82, 2.24) is 0 Å². The Labute approximate surface area is 80.9 Å². The Morgan fingerprint density at radius 3 is 2.47 bits per heavy atom. The van der Waals surface area contributed by atoms with E-state index in [9.17, 15) is 22.4 Å². The summed E-state index contributed by atoms with van der Waals surface area (Å²) in [6.07, 6.45) is -6.71. The lowest BCUT2D eigenvalue weighted by molar-refractivity contribution is -0.219. The van der Waals surface area contributed by atoms with Crippen LogP contribution >= 0.6 is 0 Å². The minimum absolute atomic E-state index is 0.529. The van der Waals surface area contributed by atoms with Crippen LogP contribution in [-0.2, 0) is 10.8 Å². The van der Waals surface area contributed by atoms with Gasteiger partial charge in [0.25, 0.3) is 0 Å². The van der Waals surface area contributed by atoms with Gasteiger partial charge in [-0.1, -0.05) is 6.07 Å². The van der Waals surface area contributed by atoms with Crippen molar-refractivity contribution in [3.05, 3.63) is 35.4 Å². The highest BCUT2D eigenvalue weighted by Crippen LogP contribution is 2.32. The van der Waals surface area contributed by atoms with Crippen molar-refractivity contribution in [3.63, 3.8) is 0 Å². The van der Waals surface area contributed by atoms with Gasteiger partial charge in [-0.15, -0.1) is 0 Å². The third-order valence-corrected chi connectivity index (χ3v) is 1.48. The molecule has 15 heavy (non-hydrogen) atoms. The smallest absolute Gasteiger partial charge is 0.450 e. The van der Waals surface area contributed by atoms with Crippen molar-refractivity contribution < 1.29 is 32.2 Å². The Morgan fingerprint density at radius 2 is 1.93 bits per heavy atom. The van der Waals surface area contributed by atoms with E-state index in [1.807, 2.05) is 0 Å². The summed E-state index contributed by atoms with van der Waals surface area (Å²) in [5.41, 5.74) is -1.47. The molecule has 1 rings (SSSR count). The van der Waals surface area contributed by atoms with E-state index in [1.165, 1.54) is 0 Å². The van der Waals surface area contributed by atoms with Gasteiger partial charge in [0.05, 0.1) is 0 Å². The summed E-state index contributed by atoms with van der Waals surface area (Å²) in [6, 6.07) is 1.96. The molecule has 82 valence electrons. The molecular weight excluding hydrogens is 220 g/mol. The van der Waals surface area contributed by atoms with Crippen LogP contribution in [0.2, 0.25) is 0 Å². The van der Waals surface area contributed by atoms with E-state index in [1.54, 1.807) is 0 Å². The van der Waals surface area contributed by atoms with E-state index in [0.29, 0.717) is 12.1 Å². The molecular formula is C8H4F4O3. The predicted molar refractivity (Wildman–Crippen MR) is 39.4 cm³/mol. The van der Waals surface area contributed by atoms with Gasteiger partial charge in [0.1, 0.15) is 5.56 Å². The Hall–Kier alpha value is -1.79. The number of ether oxygens (including phenoxy) is 1. The summed E-state index contributed by atoms with van der Waals surface area (Å²) in [5, 5.41) is 7.95. The molecule has 0 heterocycles. The summed E-state index contributed by atoms with van der Waals surface area (Å²) in [5.74, 6) is -3.36. The zero-order valence-corrected chi connectivity index (χ0v) is 7.01. The largest absolute Gasteiger partial charge is 0.510 e. The van der Waals surface area contributed by atoms with Crippen molar-refractivity contribution in [3.8, 4) is 0 Å². The summed E-state index contributed by atoms with van der Waals surface area (Å²) in [6.45, 7) is 0. The Balaban J connectivity index is 3.14. The second-order valence-electron chi connectivity index (χ2n) is 2.49. The third kappa shape index (κ3) is 2.36. The molecule has 1 aromatic carbocycles. The first-order valence-corrected chi connectivity index (χ1v) is 3.59. The minimum atomic E-state index is -4.42. The zero-order valence-electron chi connectivity index (χ0n) is 7.01. The highest BCUT2D eigenvalue weighted by molar-refractivity contribution is 5.57. The molecule has 0 radical (unpaired) electrons.